The highest BCUT2D eigenvalue weighted by Gasteiger charge is 2.24. The van der Waals surface area contributed by atoms with Crippen LogP contribution in [0.2, 0.25) is 0 Å². The van der Waals surface area contributed by atoms with Gasteiger partial charge in [-0.2, -0.15) is 5.10 Å². The maximum atomic E-state index is 13.0. The van der Waals surface area contributed by atoms with Gasteiger partial charge in [0, 0.05) is 6.54 Å². The van der Waals surface area contributed by atoms with Crippen LogP contribution in [-0.2, 0) is 4.79 Å². The molecule has 0 unspecified atom stereocenters. The summed E-state index contributed by atoms with van der Waals surface area (Å²) < 4.78 is 14.6. The molecule has 1 aromatic carbocycles. The standard InChI is InChI=1S/C16H18FN3O3/c1-4-19(9-14(21)22)16(23)15-10(2)18-20(11(15)3)13-7-5-12(17)6-8-13/h5-8H,4,9H2,1-3H3,(H,21,22). The molecule has 0 radical (unpaired) electrons. The van der Waals surface area contributed by atoms with Crippen LogP contribution in [0.5, 0.6) is 0 Å². The van der Waals surface area contributed by atoms with E-state index in [0.29, 0.717) is 22.6 Å². The summed E-state index contributed by atoms with van der Waals surface area (Å²) in [4.78, 5) is 24.7. The maximum absolute atomic E-state index is 13.0. The van der Waals surface area contributed by atoms with Gasteiger partial charge in [-0.15, -0.1) is 0 Å². The van der Waals surface area contributed by atoms with E-state index in [2.05, 4.69) is 5.10 Å². The van der Waals surface area contributed by atoms with E-state index in [9.17, 15) is 14.0 Å². The molecule has 1 heterocycles. The van der Waals surface area contributed by atoms with Crippen molar-refractivity contribution in [3.63, 3.8) is 0 Å². The van der Waals surface area contributed by atoms with E-state index in [1.54, 1.807) is 37.6 Å². The number of benzene rings is 1. The molecule has 0 fully saturated rings. The van der Waals surface area contributed by atoms with Crippen molar-refractivity contribution in [1.82, 2.24) is 14.7 Å². The molecule has 7 heteroatoms. The lowest BCUT2D eigenvalue weighted by molar-refractivity contribution is -0.137. The van der Waals surface area contributed by atoms with Crippen LogP contribution in [0.4, 0.5) is 4.39 Å². The largest absolute Gasteiger partial charge is 0.480 e. The average molecular weight is 319 g/mol. The van der Waals surface area contributed by atoms with Crippen LogP contribution < -0.4 is 0 Å². The summed E-state index contributed by atoms with van der Waals surface area (Å²) in [5, 5.41) is 13.2. The number of likely N-dealkylation sites (N-methyl/N-ethyl adjacent to an activating group) is 1. The fourth-order valence-electron chi connectivity index (χ4n) is 2.43. The quantitative estimate of drug-likeness (QED) is 0.916. The fourth-order valence-corrected chi connectivity index (χ4v) is 2.43. The minimum Gasteiger partial charge on any atom is -0.480 e. The second-order valence-corrected chi connectivity index (χ2v) is 5.15. The molecule has 23 heavy (non-hydrogen) atoms. The Morgan fingerprint density at radius 3 is 2.39 bits per heavy atom. The zero-order valence-electron chi connectivity index (χ0n) is 13.2. The minimum atomic E-state index is -1.07. The van der Waals surface area contributed by atoms with Crippen LogP contribution in [0.25, 0.3) is 5.69 Å². The van der Waals surface area contributed by atoms with Gasteiger partial charge in [0.1, 0.15) is 12.4 Å². The summed E-state index contributed by atoms with van der Waals surface area (Å²) in [7, 11) is 0. The smallest absolute Gasteiger partial charge is 0.323 e. The van der Waals surface area contributed by atoms with E-state index < -0.39 is 5.97 Å². The van der Waals surface area contributed by atoms with Crippen molar-refractivity contribution in [2.24, 2.45) is 0 Å². The van der Waals surface area contributed by atoms with Gasteiger partial charge >= 0.3 is 5.97 Å². The summed E-state index contributed by atoms with van der Waals surface area (Å²) in [5.74, 6) is -1.80. The Labute approximate surface area is 133 Å². The lowest BCUT2D eigenvalue weighted by Gasteiger charge is -2.18. The van der Waals surface area contributed by atoms with Crippen LogP contribution in [0, 0.1) is 19.7 Å². The number of halogens is 1. The molecule has 2 rings (SSSR count). The van der Waals surface area contributed by atoms with Crippen LogP contribution >= 0.6 is 0 Å². The summed E-state index contributed by atoms with van der Waals surface area (Å²) in [6, 6.07) is 5.77. The van der Waals surface area contributed by atoms with E-state index in [1.165, 1.54) is 17.0 Å². The molecule has 0 atom stereocenters. The number of carboxylic acid groups (broad SMARTS) is 1. The maximum Gasteiger partial charge on any atom is 0.323 e. The van der Waals surface area contributed by atoms with Crippen molar-refractivity contribution in [1.29, 1.82) is 0 Å². The zero-order valence-corrected chi connectivity index (χ0v) is 13.2. The van der Waals surface area contributed by atoms with Crippen molar-refractivity contribution in [2.45, 2.75) is 20.8 Å². The van der Waals surface area contributed by atoms with Crippen LogP contribution in [0.1, 0.15) is 28.7 Å². The molecule has 1 amide bonds. The summed E-state index contributed by atoms with van der Waals surface area (Å²) in [5.41, 5.74) is 2.09. The van der Waals surface area contributed by atoms with Crippen LogP contribution in [-0.4, -0.2) is 44.8 Å². The summed E-state index contributed by atoms with van der Waals surface area (Å²) in [6.07, 6.45) is 0. The molecule has 0 aliphatic carbocycles. The zero-order chi connectivity index (χ0) is 17.1. The minimum absolute atomic E-state index is 0.283. The summed E-state index contributed by atoms with van der Waals surface area (Å²) >= 11 is 0. The Bertz CT molecular complexity index is 738. The molecule has 0 aliphatic rings. The number of aromatic nitrogens is 2. The van der Waals surface area contributed by atoms with E-state index in [4.69, 9.17) is 5.11 Å². The molecule has 0 bridgehead atoms. The molecular weight excluding hydrogens is 301 g/mol. The van der Waals surface area contributed by atoms with Gasteiger partial charge in [0.05, 0.1) is 22.6 Å². The number of carbonyl (C=O) groups excluding carboxylic acids is 1. The first-order valence-electron chi connectivity index (χ1n) is 7.18. The van der Waals surface area contributed by atoms with Gasteiger partial charge in [-0.05, 0) is 45.0 Å². The molecular formula is C16H18FN3O3. The number of amides is 1. The van der Waals surface area contributed by atoms with Gasteiger partial charge in [0.15, 0.2) is 0 Å². The van der Waals surface area contributed by atoms with E-state index in [1.807, 2.05) is 0 Å². The predicted molar refractivity (Wildman–Crippen MR) is 82.2 cm³/mol. The first-order valence-corrected chi connectivity index (χ1v) is 7.18. The number of aliphatic carboxylic acids is 1. The first-order chi connectivity index (χ1) is 10.8. The Morgan fingerprint density at radius 2 is 1.87 bits per heavy atom. The van der Waals surface area contributed by atoms with Gasteiger partial charge < -0.3 is 10.0 Å². The van der Waals surface area contributed by atoms with Crippen molar-refractivity contribution in [3.8, 4) is 5.69 Å². The molecule has 2 aromatic rings. The predicted octanol–water partition coefficient (Wildman–Crippen LogP) is 2.17. The molecule has 6 nitrogen and oxygen atoms in total. The SMILES string of the molecule is CCN(CC(=O)O)C(=O)c1c(C)nn(-c2ccc(F)cc2)c1C. The Hall–Kier alpha value is -2.70. The molecule has 1 N–H and O–H groups in total. The number of rotatable bonds is 5. The Balaban J connectivity index is 2.42. The third-order valence-electron chi connectivity index (χ3n) is 3.57. The molecule has 0 saturated heterocycles. The fraction of sp³-hybridized carbons (Fsp3) is 0.312. The van der Waals surface area contributed by atoms with Gasteiger partial charge in [-0.25, -0.2) is 9.07 Å². The third kappa shape index (κ3) is 3.39. The number of carbonyl (C=O) groups is 2. The molecule has 0 aliphatic heterocycles. The molecule has 0 saturated carbocycles. The van der Waals surface area contributed by atoms with E-state index in [0.717, 1.165) is 0 Å². The van der Waals surface area contributed by atoms with Crippen LogP contribution in [0.15, 0.2) is 24.3 Å². The number of nitrogens with zero attached hydrogens (tertiary/aromatic N) is 3. The highest BCUT2D eigenvalue weighted by molar-refractivity contribution is 5.98. The number of hydrogen-bond donors (Lipinski definition) is 1. The second-order valence-electron chi connectivity index (χ2n) is 5.15. The van der Waals surface area contributed by atoms with Crippen molar-refractivity contribution in [3.05, 3.63) is 47.0 Å². The molecule has 0 spiro atoms. The highest BCUT2D eigenvalue weighted by atomic mass is 19.1. The van der Waals surface area contributed by atoms with Gasteiger partial charge in [-0.1, -0.05) is 0 Å². The van der Waals surface area contributed by atoms with E-state index >= 15 is 0 Å². The topological polar surface area (TPSA) is 75.4 Å². The third-order valence-corrected chi connectivity index (χ3v) is 3.57. The Morgan fingerprint density at radius 1 is 1.26 bits per heavy atom. The second kappa shape index (κ2) is 6.60. The van der Waals surface area contributed by atoms with Gasteiger partial charge in [-0.3, -0.25) is 9.59 Å². The van der Waals surface area contributed by atoms with Crippen molar-refractivity contribution in [2.75, 3.05) is 13.1 Å². The number of aryl methyl sites for hydroxylation is 1. The molecule has 122 valence electrons. The first kappa shape index (κ1) is 16.7. The van der Waals surface area contributed by atoms with Crippen LogP contribution in [0.3, 0.4) is 0 Å². The van der Waals surface area contributed by atoms with Gasteiger partial charge in [0.25, 0.3) is 5.91 Å². The highest BCUT2D eigenvalue weighted by Crippen LogP contribution is 2.20. The lowest BCUT2D eigenvalue weighted by atomic mass is 10.1. The van der Waals surface area contributed by atoms with Crippen molar-refractivity contribution >= 4 is 11.9 Å². The van der Waals surface area contributed by atoms with E-state index in [-0.39, 0.29) is 24.8 Å². The Kier molecular flexibility index (Phi) is 4.78. The number of carboxylic acids is 1. The van der Waals surface area contributed by atoms with Gasteiger partial charge in [0.2, 0.25) is 0 Å². The average Bonchev–Trinajstić information content (AvgIpc) is 2.79. The van der Waals surface area contributed by atoms with Crippen molar-refractivity contribution < 1.29 is 19.1 Å². The summed E-state index contributed by atoms with van der Waals surface area (Å²) in [6.45, 7) is 5.05. The monoisotopic (exact) mass is 319 g/mol. The number of hydrogen-bond acceptors (Lipinski definition) is 3. The lowest BCUT2D eigenvalue weighted by Crippen LogP contribution is -2.36. The normalized spacial score (nSPS) is 10.6. The molecule has 1 aromatic heterocycles.